The Labute approximate surface area is 211 Å². The van der Waals surface area contributed by atoms with E-state index in [1.807, 2.05) is 0 Å². The van der Waals surface area contributed by atoms with Crippen LogP contribution in [-0.4, -0.2) is 45.2 Å². The van der Waals surface area contributed by atoms with Gasteiger partial charge in [-0.3, -0.25) is 4.79 Å². The SMILES string of the molecule is CC(C)(O)[C@H](O)[C@H]1C[C@@H]([C@@H]2CC[C@]3(C)C4=CC[C@H]5C(C)(C)[C@H](O)CC[C@]5(C)[C@H]4CC[C@@]23C)C(=O)O1. The fraction of sp³-hybridized carbons (Fsp3) is 0.900. The number of aliphatic hydroxyl groups excluding tert-OH is 2. The van der Waals surface area contributed by atoms with Crippen LogP contribution in [0.5, 0.6) is 0 Å². The van der Waals surface area contributed by atoms with Gasteiger partial charge in [0.2, 0.25) is 0 Å². The summed E-state index contributed by atoms with van der Waals surface area (Å²) >= 11 is 0. The Kier molecular flexibility index (Phi) is 5.73. The molecule has 5 aliphatic rings. The number of allylic oxidation sites excluding steroid dienone is 2. The predicted molar refractivity (Wildman–Crippen MR) is 135 cm³/mol. The third-order valence-corrected chi connectivity index (χ3v) is 12.5. The van der Waals surface area contributed by atoms with E-state index in [9.17, 15) is 20.1 Å². The molecule has 5 rings (SSSR count). The first-order valence-corrected chi connectivity index (χ1v) is 14.1. The van der Waals surface area contributed by atoms with Crippen molar-refractivity contribution in [1.29, 1.82) is 0 Å². The van der Waals surface area contributed by atoms with Crippen molar-refractivity contribution in [3.63, 3.8) is 0 Å². The molecule has 4 fully saturated rings. The maximum Gasteiger partial charge on any atom is 0.309 e. The maximum absolute atomic E-state index is 13.1. The molecule has 3 N–H and O–H groups in total. The van der Waals surface area contributed by atoms with E-state index in [1.54, 1.807) is 19.4 Å². The van der Waals surface area contributed by atoms with Crippen LogP contribution in [0.3, 0.4) is 0 Å². The number of esters is 1. The number of cyclic esters (lactones) is 1. The monoisotopic (exact) mass is 488 g/mol. The van der Waals surface area contributed by atoms with Crippen LogP contribution in [0.4, 0.5) is 0 Å². The molecular formula is C30H48O5. The molecular weight excluding hydrogens is 440 g/mol. The second-order valence-corrected chi connectivity index (χ2v) is 14.7. The van der Waals surface area contributed by atoms with Crippen LogP contribution < -0.4 is 0 Å². The van der Waals surface area contributed by atoms with E-state index in [0.717, 1.165) is 44.9 Å². The molecule has 198 valence electrons. The van der Waals surface area contributed by atoms with E-state index >= 15 is 0 Å². The van der Waals surface area contributed by atoms with Gasteiger partial charge in [-0.05, 0) is 98.2 Å². The lowest BCUT2D eigenvalue weighted by Gasteiger charge is -2.64. The van der Waals surface area contributed by atoms with Crippen molar-refractivity contribution < 1.29 is 24.9 Å². The van der Waals surface area contributed by atoms with E-state index < -0.39 is 17.8 Å². The summed E-state index contributed by atoms with van der Waals surface area (Å²) in [6.07, 6.45) is 8.46. The Hall–Kier alpha value is -0.910. The minimum atomic E-state index is -1.30. The second-order valence-electron chi connectivity index (χ2n) is 14.7. The highest BCUT2D eigenvalue weighted by molar-refractivity contribution is 5.75. The molecule has 0 spiro atoms. The number of carbonyl (C=O) groups is 1. The van der Waals surface area contributed by atoms with Crippen molar-refractivity contribution in [2.45, 2.75) is 124 Å². The van der Waals surface area contributed by atoms with Crippen LogP contribution in [0.25, 0.3) is 0 Å². The third-order valence-electron chi connectivity index (χ3n) is 12.5. The summed E-state index contributed by atoms with van der Waals surface area (Å²) < 4.78 is 5.67. The molecule has 1 saturated heterocycles. The first kappa shape index (κ1) is 25.7. The van der Waals surface area contributed by atoms with Gasteiger partial charge in [0.15, 0.2) is 0 Å². The number of ether oxygens (including phenoxy) is 1. The van der Waals surface area contributed by atoms with Gasteiger partial charge in [-0.1, -0.05) is 46.3 Å². The zero-order chi connectivity index (χ0) is 25.8. The van der Waals surface area contributed by atoms with Gasteiger partial charge in [0.05, 0.1) is 17.6 Å². The second kappa shape index (κ2) is 7.80. The lowest BCUT2D eigenvalue weighted by molar-refractivity contribution is -0.157. The third kappa shape index (κ3) is 3.39. The highest BCUT2D eigenvalue weighted by atomic mass is 16.6. The molecule has 5 heteroatoms. The van der Waals surface area contributed by atoms with Gasteiger partial charge < -0.3 is 20.1 Å². The van der Waals surface area contributed by atoms with Crippen LogP contribution in [0.2, 0.25) is 0 Å². The Morgan fingerprint density at radius 3 is 2.40 bits per heavy atom. The van der Waals surface area contributed by atoms with Gasteiger partial charge in [-0.15, -0.1) is 0 Å². The van der Waals surface area contributed by atoms with Crippen LogP contribution in [-0.2, 0) is 9.53 Å². The minimum absolute atomic E-state index is 0.0144. The van der Waals surface area contributed by atoms with E-state index in [1.165, 1.54) is 0 Å². The van der Waals surface area contributed by atoms with E-state index in [0.29, 0.717) is 18.3 Å². The molecule has 10 atom stereocenters. The number of aliphatic hydroxyl groups is 3. The Bertz CT molecular complexity index is 916. The summed E-state index contributed by atoms with van der Waals surface area (Å²) in [7, 11) is 0. The van der Waals surface area contributed by atoms with Gasteiger partial charge in [0.1, 0.15) is 12.2 Å². The Balaban J connectivity index is 1.44. The average Bonchev–Trinajstić information content (AvgIpc) is 3.26. The van der Waals surface area contributed by atoms with Gasteiger partial charge in [-0.25, -0.2) is 0 Å². The average molecular weight is 489 g/mol. The summed E-state index contributed by atoms with van der Waals surface area (Å²) in [6, 6.07) is 0. The summed E-state index contributed by atoms with van der Waals surface area (Å²) in [5.41, 5.74) is 0.538. The quantitative estimate of drug-likeness (QED) is 0.384. The fourth-order valence-electron chi connectivity index (χ4n) is 9.99. The number of hydrogen-bond donors (Lipinski definition) is 3. The van der Waals surface area contributed by atoms with Crippen molar-refractivity contribution in [3.05, 3.63) is 11.6 Å². The van der Waals surface area contributed by atoms with Crippen LogP contribution in [0.1, 0.15) is 99.8 Å². The molecule has 35 heavy (non-hydrogen) atoms. The van der Waals surface area contributed by atoms with Crippen molar-refractivity contribution in [2.24, 2.45) is 45.3 Å². The van der Waals surface area contributed by atoms with Gasteiger partial charge in [0, 0.05) is 6.42 Å². The molecule has 0 aromatic heterocycles. The van der Waals surface area contributed by atoms with Gasteiger partial charge >= 0.3 is 5.97 Å². The highest BCUT2D eigenvalue weighted by Gasteiger charge is 2.67. The van der Waals surface area contributed by atoms with Crippen molar-refractivity contribution in [1.82, 2.24) is 0 Å². The zero-order valence-corrected chi connectivity index (χ0v) is 22.9. The topological polar surface area (TPSA) is 87.0 Å². The Morgan fingerprint density at radius 1 is 1.06 bits per heavy atom. The van der Waals surface area contributed by atoms with E-state index in [2.05, 4.69) is 40.7 Å². The molecule has 0 unspecified atom stereocenters. The van der Waals surface area contributed by atoms with Gasteiger partial charge in [-0.2, -0.15) is 0 Å². The molecule has 1 aliphatic heterocycles. The molecule has 0 radical (unpaired) electrons. The summed E-state index contributed by atoms with van der Waals surface area (Å²) in [6.45, 7) is 15.1. The van der Waals surface area contributed by atoms with Gasteiger partial charge in [0.25, 0.3) is 0 Å². The number of fused-ring (bicyclic) bond motifs is 5. The van der Waals surface area contributed by atoms with Crippen LogP contribution in [0, 0.1) is 45.3 Å². The molecule has 0 amide bonds. The maximum atomic E-state index is 13.1. The Morgan fingerprint density at radius 2 is 1.74 bits per heavy atom. The normalized spacial score (nSPS) is 50.0. The molecule has 3 saturated carbocycles. The van der Waals surface area contributed by atoms with Crippen molar-refractivity contribution in [2.75, 3.05) is 0 Å². The summed E-state index contributed by atoms with van der Waals surface area (Å²) in [5.74, 6) is 0.868. The van der Waals surface area contributed by atoms with Crippen molar-refractivity contribution >= 4 is 5.97 Å². The predicted octanol–water partition coefficient (Wildman–Crippen LogP) is 5.02. The van der Waals surface area contributed by atoms with Crippen LogP contribution >= 0.6 is 0 Å². The van der Waals surface area contributed by atoms with E-state index in [4.69, 9.17) is 4.74 Å². The lowest BCUT2D eigenvalue weighted by atomic mass is 9.41. The summed E-state index contributed by atoms with van der Waals surface area (Å²) in [5, 5.41) is 31.7. The molecule has 0 aromatic carbocycles. The van der Waals surface area contributed by atoms with E-state index in [-0.39, 0.29) is 45.6 Å². The van der Waals surface area contributed by atoms with Crippen molar-refractivity contribution in [3.8, 4) is 0 Å². The molecule has 4 aliphatic carbocycles. The first-order valence-electron chi connectivity index (χ1n) is 14.1. The molecule has 0 aromatic rings. The fourth-order valence-corrected chi connectivity index (χ4v) is 9.99. The summed E-state index contributed by atoms with van der Waals surface area (Å²) in [4.78, 5) is 13.1. The lowest BCUT2D eigenvalue weighted by Crippen LogP contribution is -2.58. The zero-order valence-electron chi connectivity index (χ0n) is 22.9. The molecule has 5 nitrogen and oxygen atoms in total. The largest absolute Gasteiger partial charge is 0.459 e. The standard InChI is InChI=1S/C30H48O5/c1-26(2)22-9-8-20-19(28(22,5)13-12-23(26)31)11-15-29(6)18(10-14-30(20,29)7)17-16-21(35-25(17)33)24(32)27(3,4)34/h8,17-19,21-24,31-32,34H,9-16H2,1-7H3/t17-,18-,19-,21+,22-,23+,24+,28+,29-,30+/m0/s1. The number of carbonyl (C=O) groups excluding carboxylic acids is 1. The first-order chi connectivity index (χ1) is 16.1. The highest BCUT2D eigenvalue weighted by Crippen LogP contribution is 2.73. The molecule has 0 bridgehead atoms. The number of hydrogen-bond acceptors (Lipinski definition) is 5. The minimum Gasteiger partial charge on any atom is -0.459 e. The number of rotatable bonds is 3. The van der Waals surface area contributed by atoms with Crippen LogP contribution in [0.15, 0.2) is 11.6 Å². The smallest absolute Gasteiger partial charge is 0.309 e. The molecule has 1 heterocycles.